The van der Waals surface area contributed by atoms with Crippen molar-refractivity contribution in [1.29, 1.82) is 0 Å². The molecule has 0 aliphatic rings. The highest BCUT2D eigenvalue weighted by Gasteiger charge is 2.30. The fraction of sp³-hybridized carbons (Fsp3) is 0.0769. The normalized spacial score (nSPS) is 11.0. The van der Waals surface area contributed by atoms with Gasteiger partial charge >= 0.3 is 0 Å². The van der Waals surface area contributed by atoms with Crippen molar-refractivity contribution >= 4 is 5.69 Å². The van der Waals surface area contributed by atoms with Crippen molar-refractivity contribution in [2.45, 2.75) is 6.92 Å². The Morgan fingerprint density at radius 1 is 0.565 bits per heavy atom. The number of anilines is 1. The van der Waals surface area contributed by atoms with Crippen LogP contribution in [0.5, 0.6) is 11.5 Å². The molecular formula is C13H5F8NO. The van der Waals surface area contributed by atoms with Gasteiger partial charge in [0.05, 0.1) is 0 Å². The SMILES string of the molecule is Cc1c(F)c(F)c(Oc2c(F)c(F)c(N)c(F)c2F)c(F)c1F. The summed E-state index contributed by atoms with van der Waals surface area (Å²) in [4.78, 5) is 0. The Morgan fingerprint density at radius 2 is 0.870 bits per heavy atom. The lowest BCUT2D eigenvalue weighted by molar-refractivity contribution is 0.324. The van der Waals surface area contributed by atoms with E-state index in [4.69, 9.17) is 5.73 Å². The molecule has 0 amide bonds. The third-order valence-electron chi connectivity index (χ3n) is 2.90. The van der Waals surface area contributed by atoms with Gasteiger partial charge in [-0.25, -0.2) is 17.6 Å². The third-order valence-corrected chi connectivity index (χ3v) is 2.90. The van der Waals surface area contributed by atoms with Crippen LogP contribution in [0.25, 0.3) is 0 Å². The Bertz CT molecular complexity index is 695. The summed E-state index contributed by atoms with van der Waals surface area (Å²) in [5.74, 6) is -20.6. The van der Waals surface area contributed by atoms with E-state index in [1.54, 1.807) is 0 Å². The Morgan fingerprint density at radius 3 is 1.22 bits per heavy atom. The molecule has 2 aromatic rings. The largest absolute Gasteiger partial charge is 0.444 e. The van der Waals surface area contributed by atoms with Gasteiger partial charge in [0.15, 0.2) is 23.3 Å². The van der Waals surface area contributed by atoms with Crippen LogP contribution < -0.4 is 10.5 Å². The third kappa shape index (κ3) is 2.43. The molecule has 0 radical (unpaired) electrons. The molecule has 124 valence electrons. The summed E-state index contributed by atoms with van der Waals surface area (Å²) in [6, 6.07) is 0. The number of benzene rings is 2. The van der Waals surface area contributed by atoms with E-state index >= 15 is 0 Å². The van der Waals surface area contributed by atoms with Crippen LogP contribution in [0.2, 0.25) is 0 Å². The Labute approximate surface area is 123 Å². The summed E-state index contributed by atoms with van der Waals surface area (Å²) >= 11 is 0. The van der Waals surface area contributed by atoms with E-state index in [-0.39, 0.29) is 0 Å². The van der Waals surface area contributed by atoms with Crippen molar-refractivity contribution in [3.63, 3.8) is 0 Å². The second-order valence-corrected chi connectivity index (χ2v) is 4.31. The van der Waals surface area contributed by atoms with Crippen molar-refractivity contribution in [2.24, 2.45) is 0 Å². The van der Waals surface area contributed by atoms with E-state index in [0.717, 1.165) is 0 Å². The van der Waals surface area contributed by atoms with Crippen LogP contribution in [-0.4, -0.2) is 0 Å². The minimum Gasteiger partial charge on any atom is -0.444 e. The molecule has 0 fully saturated rings. The van der Waals surface area contributed by atoms with Crippen LogP contribution in [0.3, 0.4) is 0 Å². The van der Waals surface area contributed by atoms with E-state index < -0.39 is 69.3 Å². The van der Waals surface area contributed by atoms with Gasteiger partial charge in [0, 0.05) is 5.56 Å². The highest BCUT2D eigenvalue weighted by Crippen LogP contribution is 2.38. The monoisotopic (exact) mass is 343 g/mol. The molecule has 0 heterocycles. The molecule has 0 spiro atoms. The number of ether oxygens (including phenoxy) is 1. The standard InChI is InChI=1S/C13H5F8NO/c1-2-3(14)7(18)12(8(19)4(2)15)23-13-9(20)5(16)11(22)6(17)10(13)21/h22H2,1H3. The van der Waals surface area contributed by atoms with Gasteiger partial charge in [-0.15, -0.1) is 0 Å². The van der Waals surface area contributed by atoms with E-state index in [1.165, 1.54) is 0 Å². The van der Waals surface area contributed by atoms with Crippen LogP contribution in [0.4, 0.5) is 40.8 Å². The molecule has 0 aliphatic heterocycles. The molecule has 0 saturated carbocycles. The van der Waals surface area contributed by atoms with E-state index in [1.807, 2.05) is 0 Å². The maximum atomic E-state index is 13.6. The van der Waals surface area contributed by atoms with Crippen LogP contribution in [0.15, 0.2) is 0 Å². The van der Waals surface area contributed by atoms with E-state index in [0.29, 0.717) is 6.92 Å². The summed E-state index contributed by atoms with van der Waals surface area (Å²) in [6.07, 6.45) is 0. The van der Waals surface area contributed by atoms with Gasteiger partial charge in [0.25, 0.3) is 0 Å². The summed E-state index contributed by atoms with van der Waals surface area (Å²) in [5, 5.41) is 0. The fourth-order valence-electron chi connectivity index (χ4n) is 1.63. The number of nitrogen functional groups attached to an aromatic ring is 1. The highest BCUT2D eigenvalue weighted by atomic mass is 19.2. The van der Waals surface area contributed by atoms with Gasteiger partial charge in [-0.3, -0.25) is 0 Å². The van der Waals surface area contributed by atoms with Crippen LogP contribution in [0, 0.1) is 53.5 Å². The first-order valence-electron chi connectivity index (χ1n) is 5.71. The van der Waals surface area contributed by atoms with Crippen molar-refractivity contribution in [1.82, 2.24) is 0 Å². The maximum absolute atomic E-state index is 13.6. The molecule has 23 heavy (non-hydrogen) atoms. The molecule has 0 saturated heterocycles. The van der Waals surface area contributed by atoms with Crippen LogP contribution >= 0.6 is 0 Å². The summed E-state index contributed by atoms with van der Waals surface area (Å²) in [6.45, 7) is 0.685. The minimum absolute atomic E-state index is 0.685. The second-order valence-electron chi connectivity index (χ2n) is 4.31. The van der Waals surface area contributed by atoms with Crippen molar-refractivity contribution in [3.05, 3.63) is 52.1 Å². The first kappa shape index (κ1) is 16.8. The molecule has 0 unspecified atom stereocenters. The predicted molar refractivity (Wildman–Crippen MR) is 61.8 cm³/mol. The van der Waals surface area contributed by atoms with Crippen molar-refractivity contribution in [3.8, 4) is 11.5 Å². The molecule has 2 nitrogen and oxygen atoms in total. The Kier molecular flexibility index (Phi) is 4.10. The Hall–Kier alpha value is -2.52. The van der Waals surface area contributed by atoms with Gasteiger partial charge in [-0.05, 0) is 6.92 Å². The highest BCUT2D eigenvalue weighted by molar-refractivity contribution is 5.49. The molecule has 0 aliphatic carbocycles. The topological polar surface area (TPSA) is 35.2 Å². The van der Waals surface area contributed by atoms with Crippen LogP contribution in [0.1, 0.15) is 5.56 Å². The number of hydrogen-bond donors (Lipinski definition) is 1. The molecule has 2 N–H and O–H groups in total. The maximum Gasteiger partial charge on any atom is 0.206 e. The quantitative estimate of drug-likeness (QED) is 0.496. The molecule has 0 bridgehead atoms. The molecular weight excluding hydrogens is 338 g/mol. The lowest BCUT2D eigenvalue weighted by Gasteiger charge is -2.13. The van der Waals surface area contributed by atoms with Crippen LogP contribution in [-0.2, 0) is 0 Å². The average molecular weight is 343 g/mol. The van der Waals surface area contributed by atoms with Gasteiger partial charge < -0.3 is 10.5 Å². The average Bonchev–Trinajstić information content (AvgIpc) is 2.54. The molecule has 2 aromatic carbocycles. The van der Waals surface area contributed by atoms with Gasteiger partial charge in [0.2, 0.25) is 34.8 Å². The van der Waals surface area contributed by atoms with E-state index in [9.17, 15) is 35.1 Å². The molecule has 2 rings (SSSR count). The number of hydrogen-bond acceptors (Lipinski definition) is 2. The minimum atomic E-state index is -2.23. The molecule has 0 aromatic heterocycles. The molecule has 10 heteroatoms. The van der Waals surface area contributed by atoms with E-state index in [2.05, 4.69) is 4.74 Å². The number of halogens is 8. The zero-order valence-corrected chi connectivity index (χ0v) is 11.0. The first-order chi connectivity index (χ1) is 10.6. The Balaban J connectivity index is 2.71. The molecule has 0 atom stereocenters. The second kappa shape index (κ2) is 5.60. The first-order valence-corrected chi connectivity index (χ1v) is 5.71. The van der Waals surface area contributed by atoms with Crippen molar-refractivity contribution in [2.75, 3.05) is 5.73 Å². The zero-order valence-electron chi connectivity index (χ0n) is 11.0. The number of nitrogens with two attached hydrogens (primary N) is 1. The van der Waals surface area contributed by atoms with Gasteiger partial charge in [0.1, 0.15) is 5.69 Å². The summed E-state index contributed by atoms with van der Waals surface area (Å²) < 4.78 is 111. The lowest BCUT2D eigenvalue weighted by atomic mass is 10.2. The fourth-order valence-corrected chi connectivity index (χ4v) is 1.63. The van der Waals surface area contributed by atoms with Gasteiger partial charge in [-0.2, -0.15) is 17.6 Å². The van der Waals surface area contributed by atoms with Crippen molar-refractivity contribution < 1.29 is 39.9 Å². The number of rotatable bonds is 2. The zero-order chi connectivity index (χ0) is 17.6. The smallest absolute Gasteiger partial charge is 0.206 e. The summed E-state index contributed by atoms with van der Waals surface area (Å²) in [7, 11) is 0. The summed E-state index contributed by atoms with van der Waals surface area (Å²) in [5.41, 5.74) is 2.11. The van der Waals surface area contributed by atoms with Gasteiger partial charge in [-0.1, -0.05) is 0 Å². The predicted octanol–water partition coefficient (Wildman–Crippen LogP) is 4.48. The lowest BCUT2D eigenvalue weighted by Crippen LogP contribution is -2.08.